The highest BCUT2D eigenvalue weighted by atomic mass is 32.2. The van der Waals surface area contributed by atoms with Gasteiger partial charge in [-0.2, -0.15) is 0 Å². The first kappa shape index (κ1) is 24.4. The van der Waals surface area contributed by atoms with E-state index in [1.165, 1.54) is 34.9 Å². The number of amides is 1. The van der Waals surface area contributed by atoms with Gasteiger partial charge < -0.3 is 4.74 Å². The molecule has 0 aliphatic heterocycles. The summed E-state index contributed by atoms with van der Waals surface area (Å²) in [7, 11) is -2.64. The van der Waals surface area contributed by atoms with Crippen LogP contribution in [0.3, 0.4) is 0 Å². The maximum absolute atomic E-state index is 13.9. The van der Waals surface area contributed by atoms with E-state index in [2.05, 4.69) is 4.98 Å². The van der Waals surface area contributed by atoms with Gasteiger partial charge in [0.15, 0.2) is 0 Å². The van der Waals surface area contributed by atoms with E-state index in [0.29, 0.717) is 16.9 Å². The van der Waals surface area contributed by atoms with Crippen molar-refractivity contribution in [2.24, 2.45) is 0 Å². The maximum Gasteiger partial charge on any atom is 0.276 e. The lowest BCUT2D eigenvalue weighted by molar-refractivity contribution is 0.0707. The quantitative estimate of drug-likeness (QED) is 0.265. The molecule has 2 aromatic heterocycles. The van der Waals surface area contributed by atoms with Crippen LogP contribution in [0.15, 0.2) is 83.3 Å². The summed E-state index contributed by atoms with van der Waals surface area (Å²) in [6, 6.07) is 16.7. The Bertz CT molecular complexity index is 1420. The number of methoxy groups -OCH3 is 1. The number of thiophene rings is 1. The third-order valence-corrected chi connectivity index (χ3v) is 8.08. The van der Waals surface area contributed by atoms with Crippen molar-refractivity contribution in [1.29, 1.82) is 0 Å². The summed E-state index contributed by atoms with van der Waals surface area (Å²) < 4.78 is 34.2. The number of carbonyl (C=O) groups is 1. The van der Waals surface area contributed by atoms with Gasteiger partial charge in [0.25, 0.3) is 15.9 Å². The predicted octanol–water partition coefficient (Wildman–Crippen LogP) is 4.64. The van der Waals surface area contributed by atoms with Gasteiger partial charge in [0.1, 0.15) is 5.75 Å². The van der Waals surface area contributed by atoms with Crippen molar-refractivity contribution < 1.29 is 23.2 Å². The van der Waals surface area contributed by atoms with E-state index in [9.17, 15) is 18.4 Å². The highest BCUT2D eigenvalue weighted by Gasteiger charge is 2.31. The highest BCUT2D eigenvalue weighted by molar-refractivity contribution is 7.92. The van der Waals surface area contributed by atoms with Gasteiger partial charge in [-0.05, 0) is 77.5 Å². The maximum atomic E-state index is 13.9. The SMILES string of the molecule is COc1ccc(S(=O)(=O)N(Cc2cccnc2)c2c(C)cc(-c3cccs3)cc2C(=O)NO)cc1. The first-order chi connectivity index (χ1) is 16.8. The summed E-state index contributed by atoms with van der Waals surface area (Å²) in [5.74, 6) is -0.304. The number of sulfonamides is 1. The van der Waals surface area contributed by atoms with Crippen molar-refractivity contribution in [1.82, 2.24) is 10.5 Å². The van der Waals surface area contributed by atoms with Gasteiger partial charge in [-0.15, -0.1) is 11.3 Å². The molecule has 1 amide bonds. The summed E-state index contributed by atoms with van der Waals surface area (Å²) in [4.78, 5) is 17.8. The summed E-state index contributed by atoms with van der Waals surface area (Å²) in [5.41, 5.74) is 3.77. The first-order valence-corrected chi connectivity index (χ1v) is 12.9. The Morgan fingerprint density at radius 2 is 1.91 bits per heavy atom. The number of pyridine rings is 1. The number of carbonyl (C=O) groups excluding carboxylic acids is 1. The van der Waals surface area contributed by atoms with Crippen LogP contribution < -0.4 is 14.5 Å². The number of nitrogens with zero attached hydrogens (tertiary/aromatic N) is 2. The topological polar surface area (TPSA) is 109 Å². The van der Waals surface area contributed by atoms with Crippen molar-refractivity contribution >= 4 is 33.0 Å². The monoisotopic (exact) mass is 509 g/mol. The fraction of sp³-hybridized carbons (Fsp3) is 0.120. The second-order valence-electron chi connectivity index (χ2n) is 7.66. The molecular formula is C25H23N3O5S2. The number of hydroxylamine groups is 1. The van der Waals surface area contributed by atoms with Crippen LogP contribution in [-0.4, -0.2) is 31.6 Å². The van der Waals surface area contributed by atoms with E-state index >= 15 is 0 Å². The molecule has 2 N–H and O–H groups in total. The summed E-state index contributed by atoms with van der Waals surface area (Å²) in [6.45, 7) is 1.66. The molecule has 0 unspecified atom stereocenters. The molecular weight excluding hydrogens is 486 g/mol. The van der Waals surface area contributed by atoms with E-state index in [4.69, 9.17) is 4.74 Å². The van der Waals surface area contributed by atoms with Crippen LogP contribution in [0, 0.1) is 6.92 Å². The molecule has 10 heteroatoms. The molecule has 2 aromatic carbocycles. The van der Waals surface area contributed by atoms with Gasteiger partial charge in [-0.25, -0.2) is 13.9 Å². The van der Waals surface area contributed by atoms with E-state index < -0.39 is 15.9 Å². The molecule has 0 saturated carbocycles. The minimum atomic E-state index is -4.14. The van der Waals surface area contributed by atoms with Crippen LogP contribution >= 0.6 is 11.3 Å². The number of nitrogens with one attached hydrogen (secondary N) is 1. The van der Waals surface area contributed by atoms with Gasteiger partial charge in [0, 0.05) is 17.3 Å². The highest BCUT2D eigenvalue weighted by Crippen LogP contribution is 2.37. The van der Waals surface area contributed by atoms with E-state index in [1.54, 1.807) is 55.1 Å². The van der Waals surface area contributed by atoms with Gasteiger partial charge >= 0.3 is 0 Å². The fourth-order valence-corrected chi connectivity index (χ4v) is 6.00. The Labute approximate surface area is 207 Å². The van der Waals surface area contributed by atoms with E-state index in [1.807, 2.05) is 23.6 Å². The summed E-state index contributed by atoms with van der Waals surface area (Å²) in [6.07, 6.45) is 3.16. The number of aromatic nitrogens is 1. The summed E-state index contributed by atoms with van der Waals surface area (Å²) in [5, 5.41) is 11.4. The largest absolute Gasteiger partial charge is 0.497 e. The van der Waals surface area contributed by atoms with Gasteiger partial charge in [0.05, 0.1) is 29.8 Å². The van der Waals surface area contributed by atoms with Gasteiger partial charge in [0.2, 0.25) is 0 Å². The Hall–Kier alpha value is -3.73. The molecule has 4 aromatic rings. The zero-order chi connectivity index (χ0) is 25.0. The van der Waals surface area contributed by atoms with Crippen LogP contribution in [-0.2, 0) is 16.6 Å². The second-order valence-corrected chi connectivity index (χ2v) is 10.5. The lowest BCUT2D eigenvalue weighted by atomic mass is 10.0. The number of benzene rings is 2. The third kappa shape index (κ3) is 5.04. The molecule has 8 nitrogen and oxygen atoms in total. The van der Waals surface area contributed by atoms with Crippen molar-refractivity contribution in [2.75, 3.05) is 11.4 Å². The van der Waals surface area contributed by atoms with Crippen molar-refractivity contribution in [3.05, 3.63) is 95.1 Å². The van der Waals surface area contributed by atoms with Crippen LogP contribution in [0.5, 0.6) is 5.75 Å². The van der Waals surface area contributed by atoms with Crippen LogP contribution in [0.4, 0.5) is 5.69 Å². The first-order valence-electron chi connectivity index (χ1n) is 10.5. The lowest BCUT2D eigenvalue weighted by Crippen LogP contribution is -2.34. The molecule has 180 valence electrons. The molecule has 0 fully saturated rings. The molecule has 35 heavy (non-hydrogen) atoms. The number of hydrogen-bond donors (Lipinski definition) is 2. The fourth-order valence-electron chi connectivity index (χ4n) is 3.75. The van der Waals surface area contributed by atoms with Gasteiger partial charge in [-0.3, -0.25) is 19.3 Å². The van der Waals surface area contributed by atoms with Crippen molar-refractivity contribution in [2.45, 2.75) is 18.4 Å². The van der Waals surface area contributed by atoms with Crippen molar-refractivity contribution in [3.8, 4) is 16.2 Å². The van der Waals surface area contributed by atoms with E-state index in [0.717, 1.165) is 10.4 Å². The molecule has 0 saturated heterocycles. The van der Waals surface area contributed by atoms with Gasteiger partial charge in [-0.1, -0.05) is 12.1 Å². The predicted molar refractivity (Wildman–Crippen MR) is 134 cm³/mol. The standard InChI is InChI=1S/C25H23N3O5S2/c1-17-13-19(23-6-4-12-34-23)14-22(25(29)27-30)24(17)28(16-18-5-3-11-26-15-18)35(31,32)21-9-7-20(33-2)8-10-21/h3-15,30H,16H2,1-2H3,(H,27,29). The number of anilines is 1. The smallest absolute Gasteiger partial charge is 0.276 e. The molecule has 2 heterocycles. The Kier molecular flexibility index (Phi) is 7.15. The molecule has 0 atom stereocenters. The average molecular weight is 510 g/mol. The average Bonchev–Trinajstić information content (AvgIpc) is 3.42. The number of ether oxygens (including phenoxy) is 1. The molecule has 0 bridgehead atoms. The minimum absolute atomic E-state index is 0.0249. The zero-order valence-corrected chi connectivity index (χ0v) is 20.6. The second kappa shape index (κ2) is 10.3. The Balaban J connectivity index is 1.94. The zero-order valence-electron chi connectivity index (χ0n) is 19.0. The number of rotatable bonds is 8. The molecule has 0 spiro atoms. The normalized spacial score (nSPS) is 11.2. The number of hydrogen-bond acceptors (Lipinski definition) is 7. The molecule has 4 rings (SSSR count). The summed E-state index contributed by atoms with van der Waals surface area (Å²) >= 11 is 1.49. The molecule has 0 aliphatic carbocycles. The van der Waals surface area contributed by atoms with Crippen LogP contribution in [0.25, 0.3) is 10.4 Å². The van der Waals surface area contributed by atoms with Crippen molar-refractivity contribution in [3.63, 3.8) is 0 Å². The van der Waals surface area contributed by atoms with Crippen LogP contribution in [0.2, 0.25) is 0 Å². The van der Waals surface area contributed by atoms with E-state index in [-0.39, 0.29) is 22.7 Å². The Morgan fingerprint density at radius 1 is 1.14 bits per heavy atom. The number of aryl methyl sites for hydroxylation is 1. The molecule has 0 aliphatic rings. The minimum Gasteiger partial charge on any atom is -0.497 e. The third-order valence-electron chi connectivity index (χ3n) is 5.40. The Morgan fingerprint density at radius 3 is 2.51 bits per heavy atom. The molecule has 0 radical (unpaired) electrons. The lowest BCUT2D eigenvalue weighted by Gasteiger charge is -2.28. The van der Waals surface area contributed by atoms with Crippen LogP contribution in [0.1, 0.15) is 21.5 Å².